The molecule has 18 atom stereocenters. The van der Waals surface area contributed by atoms with E-state index in [1.807, 2.05) is 10.6 Å². The van der Waals surface area contributed by atoms with Crippen molar-refractivity contribution in [2.75, 3.05) is 52.4 Å². The second-order valence-corrected chi connectivity index (χ2v) is 36.6. The molecule has 28 N–H and O–H groups in total. The molecule has 5 aliphatic rings. The number of aliphatic carboxylic acids is 6. The number of primary amides is 1. The molecule has 798 valence electrons. The molecule has 54 nitrogen and oxygen atoms in total. The van der Waals surface area contributed by atoms with Crippen molar-refractivity contribution in [1.82, 2.24) is 93.6 Å². The number of carbonyl (C=O) groups is 25. The van der Waals surface area contributed by atoms with Crippen LogP contribution >= 0.6 is 0 Å². The molecule has 0 spiro atoms. The molecule has 0 unspecified atom stereocenters. The van der Waals surface area contributed by atoms with Crippen molar-refractivity contribution >= 4 is 148 Å². The standard InChI is InChI=1S/C90H136N22O32/c1-45(2)39-57(78(131)97-47(4)74(127)104-56(90(143)144)16-7-9-33-92)105-76(129)52(26-29-68(116)117)100-75(128)53(27-30-69(118)119)101-82(135)62-18-11-34-108(62)85(138)48(5)98-73(126)46(3)96-79(132)59(43-72(124)125)106-80(133)58(42-71(122)123)99-67(115)44-95-81(134)61-17-10-35-109(61)88(141)60(41-66(94)114)107-77(130)54(28-31-70(120)121)102-83(136)63-19-12-36-110(63)87(140)55(15-6-8-32-91)103-84(137)64-20-13-37-111(64)89(142)65-21-14-38-112(65)86(139)51(93)40-49-22-24-50(113)25-23-49/h22-25,45-48,51-65,113H,6-21,26-44,91-93H2,1-5H3,(H2,94,114)(H,95,134)(H,96,132)(H,97,131)(H,98,126)(H,99,115)(H,100,128)(H,101,135)(H,102,136)(H,103,137)(H,104,127)(H,105,129)(H,106,133)(H,107,130)(H,116,117)(H,118,119)(H,120,121)(H,122,123)(H,124,125)(H,143,144)/t46-,47-,48-,51-,52-,53-,54-,55-,56-,57-,58-,59-,60-,61-,62-,63-,64-,65-/m0/s1. The smallest absolute Gasteiger partial charge is 0.326 e. The third-order valence-corrected chi connectivity index (χ3v) is 24.9. The van der Waals surface area contributed by atoms with Gasteiger partial charge in [-0.2, -0.15) is 0 Å². The van der Waals surface area contributed by atoms with Crippen molar-refractivity contribution in [3.05, 3.63) is 29.8 Å². The molecule has 19 amide bonds. The Morgan fingerprint density at radius 3 is 1.14 bits per heavy atom. The summed E-state index contributed by atoms with van der Waals surface area (Å²) < 4.78 is 0. The Kier molecular flexibility index (Phi) is 47.4. The fraction of sp³-hybridized carbons (Fsp3) is 0.656. The van der Waals surface area contributed by atoms with Gasteiger partial charge < -0.3 is 152 Å². The number of carboxylic acid groups (broad SMARTS) is 6. The predicted octanol–water partition coefficient (Wildman–Crippen LogP) is -7.98. The highest BCUT2D eigenvalue weighted by molar-refractivity contribution is 6.03. The van der Waals surface area contributed by atoms with Gasteiger partial charge in [-0.05, 0) is 192 Å². The van der Waals surface area contributed by atoms with Gasteiger partial charge in [0.1, 0.15) is 108 Å². The number of phenols is 1. The van der Waals surface area contributed by atoms with Crippen molar-refractivity contribution in [3.8, 4) is 5.75 Å². The van der Waals surface area contributed by atoms with Crippen LogP contribution in [0.3, 0.4) is 0 Å². The summed E-state index contributed by atoms with van der Waals surface area (Å²) in [5.41, 5.74) is 23.9. The zero-order valence-corrected chi connectivity index (χ0v) is 80.9. The summed E-state index contributed by atoms with van der Waals surface area (Å²) in [7, 11) is 0. The predicted molar refractivity (Wildman–Crippen MR) is 498 cm³/mol. The van der Waals surface area contributed by atoms with E-state index in [2.05, 4.69) is 58.5 Å². The molecule has 5 aliphatic heterocycles. The number of carbonyl (C=O) groups excluding carboxylic acids is 19. The molecule has 0 aliphatic carbocycles. The van der Waals surface area contributed by atoms with Crippen molar-refractivity contribution < 1.29 is 156 Å². The van der Waals surface area contributed by atoms with Crippen LogP contribution in [0.2, 0.25) is 0 Å². The molecule has 54 heteroatoms. The summed E-state index contributed by atoms with van der Waals surface area (Å²) in [5.74, 6) is -29.1. The largest absolute Gasteiger partial charge is 0.508 e. The highest BCUT2D eigenvalue weighted by Gasteiger charge is 2.48. The fourth-order valence-corrected chi connectivity index (χ4v) is 17.4. The minimum atomic E-state index is -2.16. The summed E-state index contributed by atoms with van der Waals surface area (Å²) in [6.07, 6.45) is -4.64. The molecule has 1 aromatic rings. The van der Waals surface area contributed by atoms with Gasteiger partial charge >= 0.3 is 35.8 Å². The normalized spacial score (nSPS) is 19.2. The maximum Gasteiger partial charge on any atom is 0.326 e. The number of hydrogen-bond donors (Lipinski definition) is 24. The average molecular weight is 2040 g/mol. The van der Waals surface area contributed by atoms with Crippen LogP contribution in [0.25, 0.3) is 0 Å². The highest BCUT2D eigenvalue weighted by atomic mass is 16.4. The van der Waals surface area contributed by atoms with E-state index in [1.165, 1.54) is 33.8 Å². The maximum atomic E-state index is 14.8. The first-order valence-electron chi connectivity index (χ1n) is 47.9. The number of phenolic OH excluding ortho intramolecular Hbond substituents is 1. The van der Waals surface area contributed by atoms with E-state index in [0.29, 0.717) is 50.5 Å². The van der Waals surface area contributed by atoms with Gasteiger partial charge in [0.2, 0.25) is 112 Å². The molecule has 144 heavy (non-hydrogen) atoms. The minimum absolute atomic E-state index is 0.00517. The molecule has 0 radical (unpaired) electrons. The highest BCUT2D eigenvalue weighted by Crippen LogP contribution is 2.29. The molecule has 5 heterocycles. The molecule has 0 bridgehead atoms. The fourth-order valence-electron chi connectivity index (χ4n) is 17.4. The molecule has 6 rings (SSSR count). The summed E-state index contributed by atoms with van der Waals surface area (Å²) >= 11 is 0. The van der Waals surface area contributed by atoms with Crippen LogP contribution in [-0.4, -0.2) is 369 Å². The number of likely N-dealkylation sites (tertiary alicyclic amines) is 5. The zero-order valence-electron chi connectivity index (χ0n) is 80.9. The Balaban J connectivity index is 1.05. The number of nitrogens with one attached hydrogen (secondary N) is 13. The quantitative estimate of drug-likeness (QED) is 0.0269. The third-order valence-electron chi connectivity index (χ3n) is 24.9. The molecule has 5 saturated heterocycles. The van der Waals surface area contributed by atoms with E-state index < -0.39 is 321 Å². The Labute approximate surface area is 827 Å². The van der Waals surface area contributed by atoms with Crippen LogP contribution < -0.4 is 92.1 Å². The van der Waals surface area contributed by atoms with Gasteiger partial charge in [-0.15, -0.1) is 0 Å². The number of unbranched alkanes of at least 4 members (excludes halogenated alkanes) is 2. The Morgan fingerprint density at radius 1 is 0.347 bits per heavy atom. The zero-order chi connectivity index (χ0) is 107. The number of amides is 19. The van der Waals surface area contributed by atoms with Gasteiger partial charge in [0.25, 0.3) is 0 Å². The third kappa shape index (κ3) is 36.9. The second kappa shape index (κ2) is 57.7. The second-order valence-electron chi connectivity index (χ2n) is 36.6. The Morgan fingerprint density at radius 2 is 0.694 bits per heavy atom. The minimum Gasteiger partial charge on any atom is -0.508 e. The maximum absolute atomic E-state index is 14.8. The summed E-state index contributed by atoms with van der Waals surface area (Å²) in [4.78, 5) is 343. The monoisotopic (exact) mass is 2040 g/mol. The van der Waals surface area contributed by atoms with E-state index in [0.717, 1.165) is 23.6 Å². The lowest BCUT2D eigenvalue weighted by atomic mass is 10.0. The molecular formula is C90H136N22O32. The van der Waals surface area contributed by atoms with Crippen LogP contribution in [0.1, 0.15) is 207 Å². The first-order valence-corrected chi connectivity index (χ1v) is 47.9. The number of rotatable bonds is 59. The molecule has 0 aromatic heterocycles. The van der Waals surface area contributed by atoms with Gasteiger partial charge in [0, 0.05) is 52.0 Å². The summed E-state index contributed by atoms with van der Waals surface area (Å²) in [5, 5.41) is 98.3. The lowest BCUT2D eigenvalue weighted by molar-refractivity contribution is -0.148. The number of nitrogens with zero attached hydrogens (tertiary/aromatic N) is 5. The molecule has 0 saturated carbocycles. The number of hydrogen-bond acceptors (Lipinski definition) is 29. The first kappa shape index (κ1) is 118. The summed E-state index contributed by atoms with van der Waals surface area (Å²) in [6, 6.07) is -21.6. The van der Waals surface area contributed by atoms with E-state index in [4.69, 9.17) is 22.9 Å². The van der Waals surface area contributed by atoms with Crippen molar-refractivity contribution in [3.63, 3.8) is 0 Å². The number of aromatic hydroxyl groups is 1. The van der Waals surface area contributed by atoms with Crippen LogP contribution in [0, 0.1) is 5.92 Å². The Hall–Kier alpha value is -14.3. The molecule has 1 aromatic carbocycles. The van der Waals surface area contributed by atoms with Crippen molar-refractivity contribution in [2.24, 2.45) is 28.9 Å². The van der Waals surface area contributed by atoms with Crippen LogP contribution in [0.4, 0.5) is 0 Å². The van der Waals surface area contributed by atoms with E-state index in [1.54, 1.807) is 26.0 Å². The van der Waals surface area contributed by atoms with Crippen LogP contribution in [0.5, 0.6) is 5.75 Å². The number of benzene rings is 1. The van der Waals surface area contributed by atoms with E-state index in [9.17, 15) is 156 Å². The van der Waals surface area contributed by atoms with Crippen LogP contribution in [0.15, 0.2) is 24.3 Å². The summed E-state index contributed by atoms with van der Waals surface area (Å²) in [6.45, 7) is 6.09. The van der Waals surface area contributed by atoms with Crippen molar-refractivity contribution in [1.29, 1.82) is 0 Å². The lowest BCUT2D eigenvalue weighted by Crippen LogP contribution is -2.60. The lowest BCUT2D eigenvalue weighted by Gasteiger charge is -2.33. The van der Waals surface area contributed by atoms with Gasteiger partial charge in [-0.1, -0.05) is 26.0 Å². The first-order chi connectivity index (χ1) is 67.9. The van der Waals surface area contributed by atoms with E-state index in [-0.39, 0.29) is 128 Å². The molecular weight excluding hydrogens is 1900 g/mol. The van der Waals surface area contributed by atoms with Gasteiger partial charge in [-0.3, -0.25) is 115 Å². The number of carboxylic acids is 6. The van der Waals surface area contributed by atoms with Gasteiger partial charge in [-0.25, -0.2) is 4.79 Å². The topological polar surface area (TPSA) is 845 Å². The van der Waals surface area contributed by atoms with Crippen molar-refractivity contribution in [2.45, 2.75) is 317 Å². The van der Waals surface area contributed by atoms with Crippen LogP contribution in [-0.2, 0) is 126 Å². The van der Waals surface area contributed by atoms with Gasteiger partial charge in [0.15, 0.2) is 0 Å². The average Bonchev–Trinajstić information content (AvgIpc) is 1.64. The number of nitrogens with two attached hydrogens (primary N) is 4. The molecule has 5 fully saturated rings. The SMILES string of the molecule is CC(C)C[C@H](NC(=O)[C@H](CCC(=O)O)NC(=O)[C@H](CCC(=O)O)NC(=O)[C@@H]1CCCN1C(=O)[C@H](C)NC(=O)[C@H](C)NC(=O)[C@H](CC(=O)O)NC(=O)[C@H](CC(=O)O)NC(=O)CNC(=O)[C@@H]1CCCN1C(=O)[C@H](CC(N)=O)NC(=O)[C@H](CCC(=O)O)NC(=O)[C@@H]1CCCN1C(=O)[C@H](CCCCN)NC(=O)[C@@H]1CCCN1C(=O)[C@@H]1CCCN1C(=O)[C@@H](N)Cc1ccc(O)cc1)C(=O)N[C@@H](C)C(=O)N[C@@H](CCCCN)C(=O)O. The van der Waals surface area contributed by atoms with E-state index >= 15 is 0 Å². The Bertz CT molecular complexity index is 4830. The van der Waals surface area contributed by atoms with Gasteiger partial charge in [0.05, 0.1) is 31.8 Å².